The van der Waals surface area contributed by atoms with E-state index in [1.54, 1.807) is 0 Å². The zero-order valence-corrected chi connectivity index (χ0v) is 15.0. The third kappa shape index (κ3) is 9.25. The molecule has 1 fully saturated rings. The quantitative estimate of drug-likeness (QED) is 0.193. The van der Waals surface area contributed by atoms with Crippen LogP contribution in [0.4, 0.5) is 0 Å². The number of hydrogen-bond acceptors (Lipinski definition) is 8. The number of hydrogen-bond donors (Lipinski definition) is 3. The van der Waals surface area contributed by atoms with Crippen LogP contribution in [-0.2, 0) is 33.5 Å². The second-order valence-electron chi connectivity index (χ2n) is 5.10. The Kier molecular flexibility index (Phi) is 10.1. The number of rotatable bonds is 12. The van der Waals surface area contributed by atoms with Crippen LogP contribution in [0.5, 0.6) is 0 Å². The van der Waals surface area contributed by atoms with Gasteiger partial charge < -0.3 is 30.7 Å². The summed E-state index contributed by atoms with van der Waals surface area (Å²) in [6.45, 7) is 1.42. The average Bonchev–Trinajstić information content (AvgIpc) is 2.90. The molecule has 0 spiro atoms. The van der Waals surface area contributed by atoms with E-state index in [2.05, 4.69) is 15.5 Å². The molecule has 0 aliphatic carbocycles. The Labute approximate surface area is 155 Å². The maximum atomic E-state index is 11.5. The third-order valence-corrected chi connectivity index (χ3v) is 3.27. The summed E-state index contributed by atoms with van der Waals surface area (Å²) in [4.78, 5) is 49.2. The number of imide groups is 1. The van der Waals surface area contributed by atoms with Gasteiger partial charge in [0.2, 0.25) is 5.91 Å². The van der Waals surface area contributed by atoms with Gasteiger partial charge in [-0.15, -0.1) is 5.06 Å². The highest BCUT2D eigenvalue weighted by atomic mass is 32.1. The van der Waals surface area contributed by atoms with Gasteiger partial charge in [-0.05, 0) is 12.2 Å². The minimum atomic E-state index is -0.712. The van der Waals surface area contributed by atoms with Gasteiger partial charge in [0.05, 0.1) is 39.4 Å². The fourth-order valence-electron chi connectivity index (χ4n) is 1.75. The number of ether oxygens (including phenoxy) is 2. The molecule has 4 N–H and O–H groups in total. The van der Waals surface area contributed by atoms with Gasteiger partial charge in [0.1, 0.15) is 0 Å². The van der Waals surface area contributed by atoms with Crippen LogP contribution in [-0.4, -0.2) is 73.4 Å². The molecule has 1 saturated heterocycles. The van der Waals surface area contributed by atoms with Gasteiger partial charge >= 0.3 is 5.97 Å². The van der Waals surface area contributed by atoms with Crippen LogP contribution in [0.3, 0.4) is 0 Å². The highest BCUT2D eigenvalue weighted by Crippen LogP contribution is 2.12. The Morgan fingerprint density at radius 1 is 1.04 bits per heavy atom. The van der Waals surface area contributed by atoms with Crippen molar-refractivity contribution < 1.29 is 33.5 Å². The standard InChI is InChI=1S/C14H22N4O7S/c15-10(19)9-17-14(26)16-4-6-24-8-7-23-5-3-13(22)25-18-11(20)1-2-12(18)21/h1-9H2,(H2,15,19)(H2,16,17,26). The molecule has 0 saturated carbocycles. The number of hydroxylamine groups is 2. The summed E-state index contributed by atoms with van der Waals surface area (Å²) in [5, 5.41) is 6.25. The number of nitrogens with zero attached hydrogens (tertiary/aromatic N) is 1. The SMILES string of the molecule is NC(=O)CNC(=S)NCCOCCOCCC(=O)ON1C(=O)CCC1=O. The molecule has 0 radical (unpaired) electrons. The van der Waals surface area contributed by atoms with Gasteiger partial charge in [0, 0.05) is 19.4 Å². The van der Waals surface area contributed by atoms with E-state index in [1.165, 1.54) is 0 Å². The molecule has 1 rings (SSSR count). The van der Waals surface area contributed by atoms with E-state index in [-0.39, 0.29) is 39.0 Å². The first-order chi connectivity index (χ1) is 12.4. The predicted molar refractivity (Wildman–Crippen MR) is 91.2 cm³/mol. The molecule has 1 heterocycles. The molecule has 0 atom stereocenters. The van der Waals surface area contributed by atoms with E-state index in [4.69, 9.17) is 27.4 Å². The zero-order chi connectivity index (χ0) is 19.4. The van der Waals surface area contributed by atoms with E-state index < -0.39 is 23.7 Å². The van der Waals surface area contributed by atoms with Crippen molar-refractivity contribution in [2.45, 2.75) is 19.3 Å². The fraction of sp³-hybridized carbons (Fsp3) is 0.643. The number of nitrogens with one attached hydrogen (secondary N) is 2. The summed E-state index contributed by atoms with van der Waals surface area (Å²) in [6, 6.07) is 0. The molecular formula is C14H22N4O7S. The average molecular weight is 390 g/mol. The molecule has 146 valence electrons. The molecule has 12 heteroatoms. The van der Waals surface area contributed by atoms with Crippen LogP contribution in [0.25, 0.3) is 0 Å². The Balaban J connectivity index is 1.92. The molecule has 0 aromatic carbocycles. The molecule has 11 nitrogen and oxygen atoms in total. The Bertz CT molecular complexity index is 527. The minimum absolute atomic E-state index is 0.0386. The second kappa shape index (κ2) is 12.1. The van der Waals surface area contributed by atoms with Crippen molar-refractivity contribution in [1.29, 1.82) is 0 Å². The van der Waals surface area contributed by atoms with E-state index in [0.717, 1.165) is 0 Å². The summed E-state index contributed by atoms with van der Waals surface area (Å²) >= 11 is 4.90. The highest BCUT2D eigenvalue weighted by Gasteiger charge is 2.32. The molecule has 0 aromatic heterocycles. The lowest BCUT2D eigenvalue weighted by atomic mass is 10.4. The van der Waals surface area contributed by atoms with Crippen molar-refractivity contribution in [3.8, 4) is 0 Å². The van der Waals surface area contributed by atoms with Gasteiger partial charge in [-0.25, -0.2) is 4.79 Å². The molecule has 0 unspecified atom stereocenters. The maximum Gasteiger partial charge on any atom is 0.335 e. The predicted octanol–water partition coefficient (Wildman–Crippen LogP) is -2.03. The monoisotopic (exact) mass is 390 g/mol. The number of carbonyl (C=O) groups excluding carboxylic acids is 4. The number of thiocarbonyl (C=S) groups is 1. The van der Waals surface area contributed by atoms with E-state index in [1.807, 2.05) is 0 Å². The largest absolute Gasteiger partial charge is 0.378 e. The molecule has 3 amide bonds. The summed E-state index contributed by atoms with van der Waals surface area (Å²) in [5.74, 6) is -2.26. The molecule has 26 heavy (non-hydrogen) atoms. The maximum absolute atomic E-state index is 11.5. The van der Waals surface area contributed by atoms with Crippen molar-refractivity contribution in [2.75, 3.05) is 39.5 Å². The van der Waals surface area contributed by atoms with Gasteiger partial charge in [0.15, 0.2) is 5.11 Å². The van der Waals surface area contributed by atoms with Crippen molar-refractivity contribution in [1.82, 2.24) is 15.7 Å². The van der Waals surface area contributed by atoms with Gasteiger partial charge in [-0.3, -0.25) is 14.4 Å². The van der Waals surface area contributed by atoms with Crippen LogP contribution in [0, 0.1) is 0 Å². The van der Waals surface area contributed by atoms with Crippen LogP contribution >= 0.6 is 12.2 Å². The first kappa shape index (κ1) is 21.7. The lowest BCUT2D eigenvalue weighted by Gasteiger charge is -2.12. The highest BCUT2D eigenvalue weighted by molar-refractivity contribution is 7.80. The lowest BCUT2D eigenvalue weighted by molar-refractivity contribution is -0.198. The molecule has 1 aliphatic rings. The molecule has 1 aliphatic heterocycles. The Morgan fingerprint density at radius 2 is 1.65 bits per heavy atom. The van der Waals surface area contributed by atoms with Crippen LogP contribution in [0.1, 0.15) is 19.3 Å². The zero-order valence-electron chi connectivity index (χ0n) is 14.2. The Hall–Kier alpha value is -2.31. The van der Waals surface area contributed by atoms with Crippen molar-refractivity contribution in [3.63, 3.8) is 0 Å². The van der Waals surface area contributed by atoms with E-state index >= 15 is 0 Å². The van der Waals surface area contributed by atoms with Crippen molar-refractivity contribution in [3.05, 3.63) is 0 Å². The van der Waals surface area contributed by atoms with Crippen molar-refractivity contribution >= 4 is 41.0 Å². The van der Waals surface area contributed by atoms with Crippen LogP contribution in [0.15, 0.2) is 0 Å². The lowest BCUT2D eigenvalue weighted by Crippen LogP contribution is -2.41. The van der Waals surface area contributed by atoms with Gasteiger partial charge in [-0.1, -0.05) is 0 Å². The van der Waals surface area contributed by atoms with Gasteiger partial charge in [-0.2, -0.15) is 0 Å². The first-order valence-corrected chi connectivity index (χ1v) is 8.33. The smallest absolute Gasteiger partial charge is 0.335 e. The van der Waals surface area contributed by atoms with Crippen LogP contribution < -0.4 is 16.4 Å². The number of primary amides is 1. The molecule has 0 aromatic rings. The number of nitrogens with two attached hydrogens (primary N) is 1. The second-order valence-corrected chi connectivity index (χ2v) is 5.50. The summed E-state index contributed by atoms with van der Waals surface area (Å²) in [6.07, 6.45) is 0.0277. The third-order valence-electron chi connectivity index (χ3n) is 2.98. The topological polar surface area (TPSA) is 149 Å². The normalized spacial score (nSPS) is 13.6. The summed E-state index contributed by atoms with van der Waals surface area (Å²) in [7, 11) is 0. The molecule has 0 bridgehead atoms. The minimum Gasteiger partial charge on any atom is -0.378 e. The number of carbonyl (C=O) groups is 4. The first-order valence-electron chi connectivity index (χ1n) is 7.92. The van der Waals surface area contributed by atoms with Gasteiger partial charge in [0.25, 0.3) is 11.8 Å². The number of amides is 3. The van der Waals surface area contributed by atoms with Crippen LogP contribution in [0.2, 0.25) is 0 Å². The Morgan fingerprint density at radius 3 is 2.27 bits per heavy atom. The summed E-state index contributed by atoms with van der Waals surface area (Å²) in [5.41, 5.74) is 4.96. The van der Waals surface area contributed by atoms with E-state index in [0.29, 0.717) is 29.9 Å². The van der Waals surface area contributed by atoms with E-state index in [9.17, 15) is 19.2 Å². The summed E-state index contributed by atoms with van der Waals surface area (Å²) < 4.78 is 10.5. The molecular weight excluding hydrogens is 368 g/mol. The van der Waals surface area contributed by atoms with Crippen molar-refractivity contribution in [2.24, 2.45) is 5.73 Å². The fourth-order valence-corrected chi connectivity index (χ4v) is 1.92.